The minimum absolute atomic E-state index is 0.0933. The highest BCUT2D eigenvalue weighted by Crippen LogP contribution is 2.44. The van der Waals surface area contributed by atoms with Gasteiger partial charge in [-0.25, -0.2) is 19.6 Å². The van der Waals surface area contributed by atoms with Gasteiger partial charge in [0.2, 0.25) is 11.8 Å². The molecule has 3 aromatic carbocycles. The molecule has 62 heavy (non-hydrogen) atoms. The van der Waals surface area contributed by atoms with Gasteiger partial charge in [-0.3, -0.25) is 9.59 Å². The summed E-state index contributed by atoms with van der Waals surface area (Å²) in [6.45, 7) is 13.4. The van der Waals surface area contributed by atoms with Crippen LogP contribution in [-0.2, 0) is 30.4 Å². The lowest BCUT2D eigenvalue weighted by Gasteiger charge is -2.30. The van der Waals surface area contributed by atoms with Gasteiger partial charge in [-0.15, -0.1) is 0 Å². The molecule has 0 spiro atoms. The normalized spacial score (nSPS) is 19.4. The SMILES string of the molecule is C=C1C[C@@H](c2ncc(-c3ccc4c(c3)COc3cc5c(ccc6[nH]c([C@@H]7C[C@H](COC)CN7C(=O)[C@@H](NC(=O)OC)C(C)C)nc65)cc3-4)[nH]2)N(C(=O)[C@@H](NC(=O)OC)C(C)C)C1. The topological polar surface area (TPSA) is 193 Å². The number of rotatable bonds is 11. The maximum Gasteiger partial charge on any atom is 0.407 e. The van der Waals surface area contributed by atoms with Crippen LogP contribution < -0.4 is 15.4 Å². The van der Waals surface area contributed by atoms with Crippen molar-refractivity contribution >= 4 is 45.8 Å². The molecule has 5 aromatic rings. The molecule has 16 nitrogen and oxygen atoms in total. The molecule has 16 heteroatoms. The lowest BCUT2D eigenvalue weighted by molar-refractivity contribution is -0.136. The molecule has 2 saturated heterocycles. The first-order chi connectivity index (χ1) is 29.8. The Bertz CT molecular complexity index is 2560. The summed E-state index contributed by atoms with van der Waals surface area (Å²) in [7, 11) is 4.22. The number of hydrogen-bond acceptors (Lipinski definition) is 10. The molecule has 3 aliphatic heterocycles. The van der Waals surface area contributed by atoms with Gasteiger partial charge in [-0.2, -0.15) is 0 Å². The van der Waals surface area contributed by atoms with E-state index < -0.39 is 24.3 Å². The van der Waals surface area contributed by atoms with Crippen molar-refractivity contribution < 1.29 is 38.1 Å². The molecule has 2 fully saturated rings. The molecule has 2 aromatic heterocycles. The number of amides is 4. The van der Waals surface area contributed by atoms with Gasteiger partial charge in [0, 0.05) is 37.1 Å². The second-order valence-electron chi connectivity index (χ2n) is 17.2. The zero-order valence-corrected chi connectivity index (χ0v) is 36.2. The zero-order chi connectivity index (χ0) is 44.0. The van der Waals surface area contributed by atoms with Crippen LogP contribution in [0.15, 0.2) is 60.8 Å². The van der Waals surface area contributed by atoms with Crippen LogP contribution >= 0.6 is 0 Å². The van der Waals surface area contributed by atoms with Crippen LogP contribution in [0.1, 0.15) is 69.8 Å². The maximum absolute atomic E-state index is 14.1. The number of nitrogens with one attached hydrogen (secondary N) is 4. The Kier molecular flexibility index (Phi) is 11.7. The van der Waals surface area contributed by atoms with E-state index in [9.17, 15) is 19.2 Å². The summed E-state index contributed by atoms with van der Waals surface area (Å²) >= 11 is 0. The van der Waals surface area contributed by atoms with Gasteiger partial charge in [0.15, 0.2) is 0 Å². The lowest BCUT2D eigenvalue weighted by atomic mass is 9.92. The molecule has 3 aliphatic rings. The molecule has 0 bridgehead atoms. The number of nitrogens with zero attached hydrogens (tertiary/aromatic N) is 4. The van der Waals surface area contributed by atoms with Crippen molar-refractivity contribution in [3.05, 3.63) is 78.0 Å². The first kappa shape index (κ1) is 42.3. The molecule has 4 amide bonds. The van der Waals surface area contributed by atoms with Crippen molar-refractivity contribution in [2.45, 2.75) is 71.3 Å². The van der Waals surface area contributed by atoms with Crippen molar-refractivity contribution in [3.63, 3.8) is 0 Å². The van der Waals surface area contributed by atoms with Gasteiger partial charge in [-0.05, 0) is 71.0 Å². The zero-order valence-electron chi connectivity index (χ0n) is 36.2. The Hall–Kier alpha value is -6.42. The number of H-pyrrole nitrogens is 2. The summed E-state index contributed by atoms with van der Waals surface area (Å²) < 4.78 is 21.6. The second-order valence-corrected chi connectivity index (χ2v) is 17.2. The quantitative estimate of drug-likeness (QED) is 0.103. The molecule has 326 valence electrons. The average Bonchev–Trinajstić information content (AvgIpc) is 4.09. The smallest absolute Gasteiger partial charge is 0.407 e. The Labute approximate surface area is 359 Å². The van der Waals surface area contributed by atoms with Crippen molar-refractivity contribution in [2.75, 3.05) is 41.0 Å². The first-order valence-corrected chi connectivity index (χ1v) is 21.0. The Balaban J connectivity index is 1.05. The summed E-state index contributed by atoms with van der Waals surface area (Å²) in [5.41, 5.74) is 7.31. The largest absolute Gasteiger partial charge is 0.488 e. The van der Waals surface area contributed by atoms with E-state index in [2.05, 4.69) is 57.5 Å². The molecule has 4 N–H and O–H groups in total. The van der Waals surface area contributed by atoms with Crippen molar-refractivity contribution in [1.82, 2.24) is 40.4 Å². The molecule has 5 atom stereocenters. The van der Waals surface area contributed by atoms with Crippen LogP contribution in [0.4, 0.5) is 9.59 Å². The monoisotopic (exact) mass is 846 g/mol. The minimum Gasteiger partial charge on any atom is -0.488 e. The molecular weight excluding hydrogens is 793 g/mol. The van der Waals surface area contributed by atoms with Crippen molar-refractivity contribution in [2.24, 2.45) is 17.8 Å². The number of carbonyl (C=O) groups is 4. The van der Waals surface area contributed by atoms with Crippen LogP contribution in [0.25, 0.3) is 44.2 Å². The number of benzene rings is 3. The van der Waals surface area contributed by atoms with E-state index in [-0.39, 0.29) is 41.7 Å². The fraction of sp³-hybridized carbons (Fsp3) is 0.435. The van der Waals surface area contributed by atoms with E-state index in [4.69, 9.17) is 28.9 Å². The van der Waals surface area contributed by atoms with Crippen LogP contribution in [-0.4, -0.2) is 107 Å². The predicted molar refractivity (Wildman–Crippen MR) is 232 cm³/mol. The molecule has 5 heterocycles. The summed E-state index contributed by atoms with van der Waals surface area (Å²) in [5.74, 6) is 1.42. The van der Waals surface area contributed by atoms with Crippen LogP contribution in [0.3, 0.4) is 0 Å². The predicted octanol–water partition coefficient (Wildman–Crippen LogP) is 6.79. The van der Waals surface area contributed by atoms with Crippen molar-refractivity contribution in [3.8, 4) is 28.1 Å². The molecule has 0 saturated carbocycles. The maximum atomic E-state index is 14.1. The summed E-state index contributed by atoms with van der Waals surface area (Å²) in [6, 6.07) is 12.3. The van der Waals surface area contributed by atoms with Crippen LogP contribution in [0, 0.1) is 17.8 Å². The fourth-order valence-electron chi connectivity index (χ4n) is 9.10. The number of alkyl carbamates (subject to hydrolysis) is 2. The van der Waals surface area contributed by atoms with E-state index in [0.717, 1.165) is 61.1 Å². The summed E-state index contributed by atoms with van der Waals surface area (Å²) in [4.78, 5) is 72.5. The van der Waals surface area contributed by atoms with E-state index in [1.54, 1.807) is 23.1 Å². The van der Waals surface area contributed by atoms with Gasteiger partial charge in [0.25, 0.3) is 0 Å². The molecule has 0 unspecified atom stereocenters. The number of aromatic nitrogens is 4. The standard InChI is InChI=1S/C46H54N8O8/c1-23(2)38(51-45(57)60-7)43(55)53-19-25(5)13-35(53)41-47-18-34(49-41)28-9-11-30-29(15-28)22-62-37-17-31-27(16-32(30)37)10-12-33-40(31)50-42(48-33)36-14-26(21-59-6)20-54(36)44(56)39(24(3)4)52-46(58)61-8/h9-12,15-18,23-24,26,35-36,38-39H,5,13-14,19-22H2,1-4,6-8H3,(H,47,49)(H,48,50)(H,51,57)(H,52,58)/t26-,35-,36-,38-,39-/m0/s1. The van der Waals surface area contributed by atoms with E-state index in [1.165, 1.54) is 14.2 Å². The molecule has 8 rings (SSSR count). The van der Waals surface area contributed by atoms with E-state index in [1.807, 2.05) is 39.8 Å². The van der Waals surface area contributed by atoms with Crippen LogP contribution in [0.5, 0.6) is 5.75 Å². The third-order valence-electron chi connectivity index (χ3n) is 12.3. The highest BCUT2D eigenvalue weighted by Gasteiger charge is 2.42. The van der Waals surface area contributed by atoms with Crippen LogP contribution in [0.2, 0.25) is 0 Å². The van der Waals surface area contributed by atoms with Crippen molar-refractivity contribution in [1.29, 1.82) is 0 Å². The Morgan fingerprint density at radius 2 is 1.58 bits per heavy atom. The molecule has 0 radical (unpaired) electrons. The second kappa shape index (κ2) is 17.2. The van der Waals surface area contributed by atoms with Gasteiger partial charge in [0.05, 0.1) is 55.8 Å². The lowest BCUT2D eigenvalue weighted by Crippen LogP contribution is -2.51. The number of likely N-dealkylation sites (tertiary alicyclic amines) is 2. The third-order valence-corrected chi connectivity index (χ3v) is 12.3. The Morgan fingerprint density at radius 1 is 0.871 bits per heavy atom. The summed E-state index contributed by atoms with van der Waals surface area (Å²) in [5, 5.41) is 7.33. The van der Waals surface area contributed by atoms with E-state index >= 15 is 0 Å². The average molecular weight is 847 g/mol. The highest BCUT2D eigenvalue weighted by molar-refractivity contribution is 6.07. The number of methoxy groups -OCH3 is 3. The first-order valence-electron chi connectivity index (χ1n) is 21.0. The van der Waals surface area contributed by atoms with Gasteiger partial charge >= 0.3 is 12.2 Å². The Morgan fingerprint density at radius 3 is 2.26 bits per heavy atom. The number of aromatic amines is 2. The van der Waals surface area contributed by atoms with E-state index in [0.29, 0.717) is 50.8 Å². The van der Waals surface area contributed by atoms with Gasteiger partial charge in [-0.1, -0.05) is 58.0 Å². The molecule has 0 aliphatic carbocycles. The minimum atomic E-state index is -0.765. The van der Waals surface area contributed by atoms with Gasteiger partial charge in [0.1, 0.15) is 36.1 Å². The third kappa shape index (κ3) is 7.94. The molecular formula is C46H54N8O8. The highest BCUT2D eigenvalue weighted by atomic mass is 16.5. The number of fused-ring (bicyclic) bond motifs is 6. The number of ether oxygens (including phenoxy) is 4. The fourth-order valence-corrected chi connectivity index (χ4v) is 9.10. The number of imidazole rings is 2. The number of carbonyl (C=O) groups excluding carboxylic acids is 4. The van der Waals surface area contributed by atoms with Gasteiger partial charge < -0.3 is 49.3 Å². The number of hydrogen-bond donors (Lipinski definition) is 4. The summed E-state index contributed by atoms with van der Waals surface area (Å²) in [6.07, 6.45) is 1.68.